The topological polar surface area (TPSA) is 82.2 Å². The summed E-state index contributed by atoms with van der Waals surface area (Å²) in [6.07, 6.45) is 4.76. The van der Waals surface area contributed by atoms with E-state index >= 15 is 0 Å². The average molecular weight is 300 g/mol. The van der Waals surface area contributed by atoms with E-state index in [-0.39, 0.29) is 5.91 Å². The van der Waals surface area contributed by atoms with Crippen molar-refractivity contribution in [2.45, 2.75) is 24.9 Å². The fraction of sp³-hybridized carbons (Fsp3) is 0.375. The molecular weight excluding hydrogens is 280 g/mol. The highest BCUT2D eigenvalue weighted by Gasteiger charge is 2.35. The van der Waals surface area contributed by atoms with Crippen LogP contribution in [-0.4, -0.2) is 34.4 Å². The Morgan fingerprint density at radius 1 is 1.32 bits per heavy atom. The minimum Gasteiger partial charge on any atom is -0.381 e. The van der Waals surface area contributed by atoms with Crippen LogP contribution in [0.3, 0.4) is 0 Å². The summed E-state index contributed by atoms with van der Waals surface area (Å²) in [6.45, 7) is 1.56. The van der Waals surface area contributed by atoms with Crippen LogP contribution in [0, 0.1) is 0 Å². The molecule has 6 heteroatoms. The van der Waals surface area contributed by atoms with Crippen LogP contribution in [0.4, 0.5) is 0 Å². The van der Waals surface area contributed by atoms with Gasteiger partial charge in [0.05, 0.1) is 11.2 Å². The van der Waals surface area contributed by atoms with Gasteiger partial charge in [-0.3, -0.25) is 4.79 Å². The summed E-state index contributed by atoms with van der Waals surface area (Å²) in [5.74, 6) is -0.105. The molecule has 1 saturated heterocycles. The van der Waals surface area contributed by atoms with Crippen molar-refractivity contribution in [3.8, 4) is 5.69 Å². The largest absolute Gasteiger partial charge is 0.381 e. The minimum atomic E-state index is -0.798. The number of carbonyl (C=O) groups excluding carboxylic acids is 1. The first-order chi connectivity index (χ1) is 10.7. The minimum absolute atomic E-state index is 0.105. The van der Waals surface area contributed by atoms with E-state index in [0.717, 1.165) is 11.3 Å². The number of hydrogen-bond donors (Lipinski definition) is 2. The second-order valence-electron chi connectivity index (χ2n) is 5.57. The van der Waals surface area contributed by atoms with Gasteiger partial charge in [0.15, 0.2) is 0 Å². The van der Waals surface area contributed by atoms with Gasteiger partial charge in [-0.05, 0) is 36.6 Å². The molecule has 6 nitrogen and oxygen atoms in total. The van der Waals surface area contributed by atoms with E-state index in [9.17, 15) is 4.79 Å². The smallest absolute Gasteiger partial charge is 0.240 e. The first kappa shape index (κ1) is 14.7. The molecule has 1 aromatic heterocycles. The Balaban J connectivity index is 1.58. The highest BCUT2D eigenvalue weighted by Crippen LogP contribution is 2.18. The van der Waals surface area contributed by atoms with E-state index in [2.05, 4.69) is 10.4 Å². The Bertz CT molecular complexity index is 616. The molecule has 22 heavy (non-hydrogen) atoms. The van der Waals surface area contributed by atoms with Crippen LogP contribution in [0.5, 0.6) is 0 Å². The summed E-state index contributed by atoms with van der Waals surface area (Å²) < 4.78 is 7.05. The molecule has 0 atom stereocenters. The number of nitrogens with one attached hydrogen (secondary N) is 1. The molecular formula is C16H20N4O2. The third kappa shape index (κ3) is 3.18. The molecule has 0 radical (unpaired) electrons. The van der Waals surface area contributed by atoms with Gasteiger partial charge in [-0.15, -0.1) is 0 Å². The third-order valence-corrected chi connectivity index (χ3v) is 4.00. The van der Waals surface area contributed by atoms with Crippen LogP contribution in [-0.2, 0) is 16.1 Å². The molecule has 0 unspecified atom stereocenters. The van der Waals surface area contributed by atoms with Gasteiger partial charge >= 0.3 is 0 Å². The number of amides is 1. The molecule has 0 spiro atoms. The maximum absolute atomic E-state index is 12.2. The summed E-state index contributed by atoms with van der Waals surface area (Å²) in [5, 5.41) is 7.10. The van der Waals surface area contributed by atoms with Crippen LogP contribution in [0.25, 0.3) is 5.69 Å². The quantitative estimate of drug-likeness (QED) is 0.882. The van der Waals surface area contributed by atoms with Gasteiger partial charge in [0.2, 0.25) is 5.91 Å². The molecule has 0 bridgehead atoms. The van der Waals surface area contributed by atoms with Crippen molar-refractivity contribution in [1.29, 1.82) is 0 Å². The lowest BCUT2D eigenvalue weighted by atomic mass is 9.90. The van der Waals surface area contributed by atoms with Gasteiger partial charge in [-0.1, -0.05) is 12.1 Å². The molecule has 116 valence electrons. The summed E-state index contributed by atoms with van der Waals surface area (Å²) >= 11 is 0. The number of ether oxygens (including phenoxy) is 1. The number of rotatable bonds is 4. The van der Waals surface area contributed by atoms with E-state index in [1.54, 1.807) is 10.9 Å². The van der Waals surface area contributed by atoms with E-state index in [4.69, 9.17) is 10.5 Å². The number of aromatic nitrogens is 2. The Morgan fingerprint density at radius 3 is 2.68 bits per heavy atom. The van der Waals surface area contributed by atoms with Gasteiger partial charge in [0, 0.05) is 32.2 Å². The first-order valence-corrected chi connectivity index (χ1v) is 7.41. The van der Waals surface area contributed by atoms with Gasteiger partial charge in [-0.25, -0.2) is 4.68 Å². The number of benzene rings is 1. The van der Waals surface area contributed by atoms with Crippen molar-refractivity contribution < 1.29 is 9.53 Å². The van der Waals surface area contributed by atoms with Crippen molar-refractivity contribution in [2.24, 2.45) is 5.73 Å². The van der Waals surface area contributed by atoms with Crippen LogP contribution in [0.1, 0.15) is 18.4 Å². The van der Waals surface area contributed by atoms with Crippen LogP contribution in [0.15, 0.2) is 42.7 Å². The second kappa shape index (κ2) is 6.29. The monoisotopic (exact) mass is 300 g/mol. The lowest BCUT2D eigenvalue weighted by Gasteiger charge is -2.31. The first-order valence-electron chi connectivity index (χ1n) is 7.41. The highest BCUT2D eigenvalue weighted by molar-refractivity contribution is 5.86. The van der Waals surface area contributed by atoms with E-state index < -0.39 is 5.54 Å². The SMILES string of the molecule is NC1(C(=O)NCc2ccc(-n3cccn3)cc2)CCOCC1. The molecule has 1 aliphatic heterocycles. The van der Waals surface area contributed by atoms with Gasteiger partial charge in [-0.2, -0.15) is 5.10 Å². The normalized spacial score (nSPS) is 17.1. The average Bonchev–Trinajstić information content (AvgIpc) is 3.08. The van der Waals surface area contributed by atoms with Crippen LogP contribution in [0.2, 0.25) is 0 Å². The zero-order valence-electron chi connectivity index (χ0n) is 12.4. The molecule has 2 heterocycles. The molecule has 1 aliphatic rings. The number of nitrogens with zero attached hydrogens (tertiary/aromatic N) is 2. The highest BCUT2D eigenvalue weighted by atomic mass is 16.5. The van der Waals surface area contributed by atoms with Crippen molar-refractivity contribution >= 4 is 5.91 Å². The van der Waals surface area contributed by atoms with E-state index in [0.29, 0.717) is 32.6 Å². The van der Waals surface area contributed by atoms with Gasteiger partial charge in [0.1, 0.15) is 0 Å². The van der Waals surface area contributed by atoms with E-state index in [1.165, 1.54) is 0 Å². The van der Waals surface area contributed by atoms with Gasteiger partial charge < -0.3 is 15.8 Å². The predicted molar refractivity (Wildman–Crippen MR) is 82.4 cm³/mol. The summed E-state index contributed by atoms with van der Waals surface area (Å²) in [5.41, 5.74) is 7.37. The molecule has 1 fully saturated rings. The lowest BCUT2D eigenvalue weighted by molar-refractivity contribution is -0.129. The summed E-state index contributed by atoms with van der Waals surface area (Å²) in [6, 6.07) is 9.78. The van der Waals surface area contributed by atoms with Crippen molar-refractivity contribution in [3.63, 3.8) is 0 Å². The number of carbonyl (C=O) groups is 1. The molecule has 3 rings (SSSR count). The van der Waals surface area contributed by atoms with Crippen molar-refractivity contribution in [1.82, 2.24) is 15.1 Å². The van der Waals surface area contributed by atoms with Crippen LogP contribution < -0.4 is 11.1 Å². The molecule has 1 aromatic carbocycles. The Kier molecular flexibility index (Phi) is 4.22. The molecule has 1 amide bonds. The predicted octanol–water partition coefficient (Wildman–Crippen LogP) is 0.996. The van der Waals surface area contributed by atoms with Gasteiger partial charge in [0.25, 0.3) is 0 Å². The lowest BCUT2D eigenvalue weighted by Crippen LogP contribution is -2.56. The molecule has 0 saturated carbocycles. The number of hydrogen-bond acceptors (Lipinski definition) is 4. The van der Waals surface area contributed by atoms with Crippen molar-refractivity contribution in [2.75, 3.05) is 13.2 Å². The fourth-order valence-corrected chi connectivity index (χ4v) is 2.51. The third-order valence-electron chi connectivity index (χ3n) is 4.00. The van der Waals surface area contributed by atoms with E-state index in [1.807, 2.05) is 36.5 Å². The second-order valence-corrected chi connectivity index (χ2v) is 5.57. The summed E-state index contributed by atoms with van der Waals surface area (Å²) in [4.78, 5) is 12.2. The Hall–Kier alpha value is -2.18. The summed E-state index contributed by atoms with van der Waals surface area (Å²) in [7, 11) is 0. The zero-order chi connectivity index (χ0) is 15.4. The Labute approximate surface area is 129 Å². The maximum atomic E-state index is 12.2. The standard InChI is InChI=1S/C16H20N4O2/c17-16(6-10-22-11-7-16)15(21)18-12-13-2-4-14(5-3-13)20-9-1-8-19-20/h1-5,8-9H,6-7,10-12,17H2,(H,18,21). The fourth-order valence-electron chi connectivity index (χ4n) is 2.51. The Morgan fingerprint density at radius 2 is 2.05 bits per heavy atom. The van der Waals surface area contributed by atoms with Crippen LogP contribution >= 0.6 is 0 Å². The molecule has 0 aliphatic carbocycles. The maximum Gasteiger partial charge on any atom is 0.240 e. The zero-order valence-corrected chi connectivity index (χ0v) is 12.4. The molecule has 2 aromatic rings. The number of nitrogens with two attached hydrogens (primary N) is 1. The van der Waals surface area contributed by atoms with Crippen molar-refractivity contribution in [3.05, 3.63) is 48.3 Å². The molecule has 3 N–H and O–H groups in total.